The first-order chi connectivity index (χ1) is 12.4. The van der Waals surface area contributed by atoms with E-state index in [2.05, 4.69) is 5.16 Å². The van der Waals surface area contributed by atoms with Crippen LogP contribution in [0.15, 0.2) is 28.8 Å². The number of aryl methyl sites for hydroxylation is 2. The topological polar surface area (TPSA) is 66.7 Å². The highest BCUT2D eigenvalue weighted by atomic mass is 35.5. The maximum Gasteiger partial charge on any atom is 0.246 e. The molecule has 0 bridgehead atoms. The van der Waals surface area contributed by atoms with Gasteiger partial charge in [-0.3, -0.25) is 9.59 Å². The van der Waals surface area contributed by atoms with E-state index in [1.807, 2.05) is 32.9 Å². The number of anilines is 1. The summed E-state index contributed by atoms with van der Waals surface area (Å²) >= 11 is 6.03. The van der Waals surface area contributed by atoms with Crippen molar-refractivity contribution in [1.82, 2.24) is 10.1 Å². The van der Waals surface area contributed by atoms with Crippen molar-refractivity contribution in [3.05, 3.63) is 46.3 Å². The van der Waals surface area contributed by atoms with Crippen molar-refractivity contribution in [1.29, 1.82) is 0 Å². The van der Waals surface area contributed by atoms with Gasteiger partial charge < -0.3 is 14.3 Å². The number of benzene rings is 1. The molecule has 3 rings (SSSR count). The van der Waals surface area contributed by atoms with Crippen molar-refractivity contribution >= 4 is 29.1 Å². The average molecular weight is 376 g/mol. The monoisotopic (exact) mass is 375 g/mol. The van der Waals surface area contributed by atoms with E-state index in [9.17, 15) is 9.59 Å². The number of halogens is 1. The fourth-order valence-corrected chi connectivity index (χ4v) is 3.50. The third-order valence-electron chi connectivity index (χ3n) is 4.80. The van der Waals surface area contributed by atoms with E-state index in [0.717, 1.165) is 22.7 Å². The van der Waals surface area contributed by atoms with Gasteiger partial charge in [0.25, 0.3) is 0 Å². The minimum atomic E-state index is -0.101. The van der Waals surface area contributed by atoms with E-state index in [0.29, 0.717) is 24.4 Å². The van der Waals surface area contributed by atoms with Gasteiger partial charge in [0.15, 0.2) is 0 Å². The Morgan fingerprint density at radius 1 is 1.38 bits per heavy atom. The van der Waals surface area contributed by atoms with Crippen LogP contribution in [-0.2, 0) is 16.0 Å². The maximum absolute atomic E-state index is 12.7. The molecule has 6 nitrogen and oxygen atoms in total. The zero-order chi connectivity index (χ0) is 18.8. The Hall–Kier alpha value is -2.34. The molecule has 1 aromatic heterocycles. The predicted octanol–water partition coefficient (Wildman–Crippen LogP) is 3.14. The molecule has 1 fully saturated rings. The second-order valence-corrected chi connectivity index (χ2v) is 7.09. The summed E-state index contributed by atoms with van der Waals surface area (Å²) in [6.45, 7) is 6.20. The smallest absolute Gasteiger partial charge is 0.246 e. The molecule has 138 valence electrons. The van der Waals surface area contributed by atoms with E-state index in [1.165, 1.54) is 0 Å². The van der Waals surface area contributed by atoms with Crippen LogP contribution >= 0.6 is 11.6 Å². The highest BCUT2D eigenvalue weighted by molar-refractivity contribution is 6.30. The largest absolute Gasteiger partial charge is 0.361 e. The van der Waals surface area contributed by atoms with Gasteiger partial charge in [0.05, 0.1) is 5.69 Å². The summed E-state index contributed by atoms with van der Waals surface area (Å²) in [6.07, 6.45) is 0.896. The lowest BCUT2D eigenvalue weighted by Gasteiger charge is -2.39. The molecule has 2 heterocycles. The van der Waals surface area contributed by atoms with Crippen LogP contribution in [0.3, 0.4) is 0 Å². The summed E-state index contributed by atoms with van der Waals surface area (Å²) in [7, 11) is 0. The van der Waals surface area contributed by atoms with E-state index in [4.69, 9.17) is 16.1 Å². The molecule has 0 radical (unpaired) electrons. The fraction of sp³-hybridized carbons (Fsp3) is 0.421. The van der Waals surface area contributed by atoms with Crippen molar-refractivity contribution in [2.24, 2.45) is 0 Å². The minimum Gasteiger partial charge on any atom is -0.361 e. The standard InChI is InChI=1S/C19H22ClN3O3/c1-12-10-23(16-6-4-5-15(20)9-16)19(25)11-22(12)18(24)8-7-17-13(2)21-26-14(17)3/h4-6,9,12H,7-8,10-11H2,1-3H3. The van der Waals surface area contributed by atoms with E-state index in [1.54, 1.807) is 21.9 Å². The van der Waals surface area contributed by atoms with Gasteiger partial charge in [-0.2, -0.15) is 0 Å². The third-order valence-corrected chi connectivity index (χ3v) is 5.03. The summed E-state index contributed by atoms with van der Waals surface area (Å²) in [5, 5.41) is 4.50. The Morgan fingerprint density at radius 2 is 2.15 bits per heavy atom. The normalized spacial score (nSPS) is 17.7. The molecule has 0 N–H and O–H groups in total. The second-order valence-electron chi connectivity index (χ2n) is 6.66. The van der Waals surface area contributed by atoms with Gasteiger partial charge in [-0.15, -0.1) is 0 Å². The van der Waals surface area contributed by atoms with Crippen LogP contribution in [0.5, 0.6) is 0 Å². The summed E-state index contributed by atoms with van der Waals surface area (Å²) in [5.74, 6) is 0.609. The molecule has 2 aromatic rings. The lowest BCUT2D eigenvalue weighted by molar-refractivity contribution is -0.139. The van der Waals surface area contributed by atoms with E-state index < -0.39 is 0 Å². The maximum atomic E-state index is 12.7. The number of nitrogens with zero attached hydrogens (tertiary/aromatic N) is 3. The number of hydrogen-bond donors (Lipinski definition) is 0. The molecule has 1 aliphatic heterocycles. The van der Waals surface area contributed by atoms with Gasteiger partial charge in [-0.1, -0.05) is 22.8 Å². The van der Waals surface area contributed by atoms with Crippen LogP contribution in [-0.4, -0.2) is 41.0 Å². The molecule has 0 saturated carbocycles. The van der Waals surface area contributed by atoms with Gasteiger partial charge in [-0.05, 0) is 45.4 Å². The summed E-state index contributed by atoms with van der Waals surface area (Å²) in [6, 6.07) is 7.14. The quantitative estimate of drug-likeness (QED) is 0.823. The van der Waals surface area contributed by atoms with Gasteiger partial charge >= 0.3 is 0 Å². The Kier molecular flexibility index (Phi) is 5.32. The number of amides is 2. The molecular formula is C19H22ClN3O3. The number of piperazine rings is 1. The molecule has 2 amide bonds. The Balaban J connectivity index is 1.65. The SMILES string of the molecule is Cc1noc(C)c1CCC(=O)N1CC(=O)N(c2cccc(Cl)c2)CC1C. The molecule has 1 atom stereocenters. The number of hydrogen-bond acceptors (Lipinski definition) is 4. The van der Waals surface area contributed by atoms with Crippen LogP contribution in [0.4, 0.5) is 5.69 Å². The number of carbonyl (C=O) groups excluding carboxylic acids is 2. The zero-order valence-corrected chi connectivity index (χ0v) is 15.9. The van der Waals surface area contributed by atoms with Crippen molar-refractivity contribution in [3.8, 4) is 0 Å². The highest BCUT2D eigenvalue weighted by Crippen LogP contribution is 2.24. The molecule has 0 spiro atoms. The molecule has 1 saturated heterocycles. The van der Waals surface area contributed by atoms with Gasteiger partial charge in [0.2, 0.25) is 11.8 Å². The first-order valence-corrected chi connectivity index (χ1v) is 9.01. The van der Waals surface area contributed by atoms with Crippen LogP contribution in [0, 0.1) is 13.8 Å². The predicted molar refractivity (Wildman–Crippen MR) is 99.3 cm³/mol. The van der Waals surface area contributed by atoms with Crippen LogP contribution < -0.4 is 4.90 Å². The first-order valence-electron chi connectivity index (χ1n) is 8.64. The highest BCUT2D eigenvalue weighted by Gasteiger charge is 2.33. The third kappa shape index (κ3) is 3.75. The molecule has 7 heteroatoms. The summed E-state index contributed by atoms with van der Waals surface area (Å²) in [4.78, 5) is 28.6. The van der Waals surface area contributed by atoms with Crippen molar-refractivity contribution < 1.29 is 14.1 Å². The van der Waals surface area contributed by atoms with Gasteiger partial charge in [-0.25, -0.2) is 0 Å². The van der Waals surface area contributed by atoms with Crippen molar-refractivity contribution in [2.45, 2.75) is 39.7 Å². The second kappa shape index (κ2) is 7.50. The molecular weight excluding hydrogens is 354 g/mol. The summed E-state index contributed by atoms with van der Waals surface area (Å²) in [5.41, 5.74) is 2.54. The van der Waals surface area contributed by atoms with Gasteiger partial charge in [0, 0.05) is 35.3 Å². The minimum absolute atomic E-state index is 0.0309. The van der Waals surface area contributed by atoms with Crippen molar-refractivity contribution in [3.63, 3.8) is 0 Å². The average Bonchev–Trinajstić information content (AvgIpc) is 2.92. The molecule has 1 aliphatic rings. The Labute approximate surface area is 157 Å². The lowest BCUT2D eigenvalue weighted by atomic mass is 10.1. The van der Waals surface area contributed by atoms with Crippen LogP contribution in [0.2, 0.25) is 5.02 Å². The number of aromatic nitrogens is 1. The van der Waals surface area contributed by atoms with Crippen LogP contribution in [0.25, 0.3) is 0 Å². The lowest BCUT2D eigenvalue weighted by Crippen LogP contribution is -2.57. The van der Waals surface area contributed by atoms with Crippen LogP contribution in [0.1, 0.15) is 30.4 Å². The fourth-order valence-electron chi connectivity index (χ4n) is 3.31. The molecule has 26 heavy (non-hydrogen) atoms. The van der Waals surface area contributed by atoms with Gasteiger partial charge in [0.1, 0.15) is 12.3 Å². The number of rotatable bonds is 4. The van der Waals surface area contributed by atoms with E-state index in [-0.39, 0.29) is 24.4 Å². The zero-order valence-electron chi connectivity index (χ0n) is 15.2. The Bertz CT molecular complexity index is 814. The molecule has 0 aliphatic carbocycles. The first kappa shape index (κ1) is 18.5. The van der Waals surface area contributed by atoms with Crippen molar-refractivity contribution in [2.75, 3.05) is 18.0 Å². The Morgan fingerprint density at radius 3 is 2.81 bits per heavy atom. The molecule has 1 aromatic carbocycles. The molecule has 1 unspecified atom stereocenters. The number of carbonyl (C=O) groups is 2. The van der Waals surface area contributed by atoms with E-state index >= 15 is 0 Å². The summed E-state index contributed by atoms with van der Waals surface area (Å²) < 4.78 is 5.14.